The lowest BCUT2D eigenvalue weighted by Crippen LogP contribution is -2.45. The number of nitrogens with one attached hydrogen (secondary N) is 1. The Labute approximate surface area is 216 Å². The summed E-state index contributed by atoms with van der Waals surface area (Å²) in [5.74, 6) is 0. The largest absolute Gasteiger partial charge is 0.444 e. The number of hydrogen-bond donors (Lipinski definition) is 2. The third-order valence-corrected chi connectivity index (χ3v) is 5.73. The van der Waals surface area contributed by atoms with E-state index in [0.717, 1.165) is 14.8 Å². The van der Waals surface area contributed by atoms with E-state index in [2.05, 4.69) is 47.8 Å². The molecule has 0 heterocycles. The molecule has 1 amide bonds. The molecule has 34 heavy (non-hydrogen) atoms. The molecule has 0 fully saturated rings. The predicted molar refractivity (Wildman–Crippen MR) is 144 cm³/mol. The highest BCUT2D eigenvalue weighted by Gasteiger charge is 2.28. The molecule has 0 spiro atoms. The van der Waals surface area contributed by atoms with Crippen LogP contribution in [0.2, 0.25) is 0 Å². The maximum atomic E-state index is 12.9. The first-order valence-corrected chi connectivity index (χ1v) is 12.3. The molecule has 0 aliphatic heterocycles. The average molecular weight is 578 g/mol. The van der Waals surface area contributed by atoms with Gasteiger partial charge in [-0.15, -0.1) is 0 Å². The van der Waals surface area contributed by atoms with Crippen LogP contribution in [0, 0.1) is 20.3 Å². The molecular weight excluding hydrogens is 543 g/mol. The number of carbonyl (C=O) groups excluding carboxylic acids is 1. The standard InChI is InChI=1S/C26H35IN4O3/c1-25(2,3)34-24(32)31(11-12-33-16-19-9-7-6-8-10-19)18-26(4,5)17-30-23-21(27)13-20(15-28)14-22(23)29/h6-10,13-14,30H,11-12,16-18,29H2,1-5H3. The summed E-state index contributed by atoms with van der Waals surface area (Å²) in [5, 5.41) is 12.5. The van der Waals surface area contributed by atoms with E-state index < -0.39 is 5.60 Å². The summed E-state index contributed by atoms with van der Waals surface area (Å²) in [7, 11) is 0. The Bertz CT molecular complexity index is 974. The molecule has 3 N–H and O–H groups in total. The fraction of sp³-hybridized carbons (Fsp3) is 0.462. The molecule has 7 nitrogen and oxygen atoms in total. The number of ether oxygens (including phenoxy) is 2. The van der Waals surface area contributed by atoms with Gasteiger partial charge in [-0.05, 0) is 66.5 Å². The Morgan fingerprint density at radius 1 is 1.18 bits per heavy atom. The van der Waals surface area contributed by atoms with Gasteiger partial charge >= 0.3 is 6.09 Å². The van der Waals surface area contributed by atoms with Gasteiger partial charge in [0.05, 0.1) is 36.2 Å². The molecule has 0 bridgehead atoms. The second-order valence-electron chi connectivity index (χ2n) is 9.99. The number of hydrogen-bond acceptors (Lipinski definition) is 6. The van der Waals surface area contributed by atoms with Crippen LogP contribution in [0.4, 0.5) is 16.2 Å². The van der Waals surface area contributed by atoms with Crippen molar-refractivity contribution in [3.8, 4) is 6.07 Å². The maximum Gasteiger partial charge on any atom is 0.410 e. The first-order valence-electron chi connectivity index (χ1n) is 11.2. The number of anilines is 2. The summed E-state index contributed by atoms with van der Waals surface area (Å²) in [5.41, 5.74) is 8.21. The van der Waals surface area contributed by atoms with E-state index in [1.54, 1.807) is 17.0 Å². The van der Waals surface area contributed by atoms with Crippen molar-refractivity contribution < 1.29 is 14.3 Å². The Kier molecular flexibility index (Phi) is 10.0. The minimum absolute atomic E-state index is 0.292. The van der Waals surface area contributed by atoms with Crippen molar-refractivity contribution in [3.05, 3.63) is 57.2 Å². The molecule has 0 aliphatic rings. The van der Waals surface area contributed by atoms with E-state index >= 15 is 0 Å². The molecule has 8 heteroatoms. The fourth-order valence-corrected chi connectivity index (χ4v) is 4.12. The molecule has 0 saturated heterocycles. The molecule has 0 radical (unpaired) electrons. The zero-order chi connectivity index (χ0) is 25.4. The minimum atomic E-state index is -0.588. The van der Waals surface area contributed by atoms with Gasteiger partial charge in [-0.25, -0.2) is 4.79 Å². The quantitative estimate of drug-likeness (QED) is 0.215. The van der Waals surface area contributed by atoms with Gasteiger partial charge in [-0.2, -0.15) is 5.26 Å². The second kappa shape index (κ2) is 12.3. The summed E-state index contributed by atoms with van der Waals surface area (Å²) in [6.07, 6.45) is -0.364. The van der Waals surface area contributed by atoms with E-state index in [1.807, 2.05) is 51.1 Å². The lowest BCUT2D eigenvalue weighted by molar-refractivity contribution is 0.00929. The summed E-state index contributed by atoms with van der Waals surface area (Å²) >= 11 is 2.17. The van der Waals surface area contributed by atoms with E-state index in [0.29, 0.717) is 44.1 Å². The Balaban J connectivity index is 2.02. The van der Waals surface area contributed by atoms with Crippen molar-refractivity contribution in [2.75, 3.05) is 37.3 Å². The summed E-state index contributed by atoms with van der Waals surface area (Å²) in [6.45, 7) is 12.1. The van der Waals surface area contributed by atoms with E-state index in [4.69, 9.17) is 20.5 Å². The van der Waals surface area contributed by atoms with Crippen LogP contribution in [0.5, 0.6) is 0 Å². The molecular formula is C26H35IN4O3. The SMILES string of the molecule is CC(C)(CNc1c(N)cc(C#N)cc1I)CN(CCOCc1ccccc1)C(=O)OC(C)(C)C. The van der Waals surface area contributed by atoms with E-state index in [9.17, 15) is 4.79 Å². The van der Waals surface area contributed by atoms with Gasteiger partial charge in [-0.1, -0.05) is 44.2 Å². The number of benzene rings is 2. The normalized spacial score (nSPS) is 11.6. The molecule has 2 aromatic rings. The first-order chi connectivity index (χ1) is 15.9. The van der Waals surface area contributed by atoms with Crippen LogP contribution in [-0.2, 0) is 16.1 Å². The third-order valence-electron chi connectivity index (χ3n) is 4.88. The zero-order valence-electron chi connectivity index (χ0n) is 20.7. The van der Waals surface area contributed by atoms with Gasteiger partial charge in [-0.3, -0.25) is 0 Å². The van der Waals surface area contributed by atoms with Crippen molar-refractivity contribution in [2.45, 2.75) is 46.8 Å². The summed E-state index contributed by atoms with van der Waals surface area (Å²) in [4.78, 5) is 14.6. The Hall–Kier alpha value is -2.51. The van der Waals surface area contributed by atoms with E-state index in [1.165, 1.54) is 0 Å². The lowest BCUT2D eigenvalue weighted by Gasteiger charge is -2.34. The van der Waals surface area contributed by atoms with Crippen LogP contribution in [0.3, 0.4) is 0 Å². The Morgan fingerprint density at radius 2 is 1.85 bits per heavy atom. The highest BCUT2D eigenvalue weighted by Crippen LogP contribution is 2.29. The third kappa shape index (κ3) is 9.39. The Morgan fingerprint density at radius 3 is 2.44 bits per heavy atom. The molecule has 0 unspecified atom stereocenters. The van der Waals surface area contributed by atoms with Gasteiger partial charge in [0.1, 0.15) is 5.60 Å². The smallest absolute Gasteiger partial charge is 0.410 e. The number of amides is 1. The molecule has 0 saturated carbocycles. The van der Waals surface area contributed by atoms with Crippen LogP contribution in [0.15, 0.2) is 42.5 Å². The number of nitriles is 1. The van der Waals surface area contributed by atoms with Gasteiger partial charge in [0.25, 0.3) is 0 Å². The second-order valence-corrected chi connectivity index (χ2v) is 11.2. The number of nitrogens with zero attached hydrogens (tertiary/aromatic N) is 2. The number of carbonyl (C=O) groups is 1. The van der Waals surface area contributed by atoms with Gasteiger partial charge in [0, 0.05) is 23.2 Å². The average Bonchev–Trinajstić information content (AvgIpc) is 2.74. The summed E-state index contributed by atoms with van der Waals surface area (Å²) < 4.78 is 12.3. The molecule has 2 aromatic carbocycles. The molecule has 0 aromatic heterocycles. The highest BCUT2D eigenvalue weighted by molar-refractivity contribution is 14.1. The number of halogens is 1. The topological polar surface area (TPSA) is 101 Å². The fourth-order valence-electron chi connectivity index (χ4n) is 3.28. The summed E-state index contributed by atoms with van der Waals surface area (Å²) in [6, 6.07) is 15.5. The molecule has 184 valence electrons. The van der Waals surface area contributed by atoms with Crippen LogP contribution < -0.4 is 11.1 Å². The molecule has 0 atom stereocenters. The van der Waals surface area contributed by atoms with Crippen molar-refractivity contribution >= 4 is 40.1 Å². The van der Waals surface area contributed by atoms with Crippen molar-refractivity contribution in [2.24, 2.45) is 5.41 Å². The predicted octanol–water partition coefficient (Wildman–Crippen LogP) is 5.64. The van der Waals surface area contributed by atoms with Crippen molar-refractivity contribution in [1.82, 2.24) is 4.90 Å². The first kappa shape index (κ1) is 27.7. The van der Waals surface area contributed by atoms with Gasteiger partial charge in [0.15, 0.2) is 0 Å². The van der Waals surface area contributed by atoms with Crippen LogP contribution >= 0.6 is 22.6 Å². The highest BCUT2D eigenvalue weighted by atomic mass is 127. The van der Waals surface area contributed by atoms with Gasteiger partial charge < -0.3 is 25.4 Å². The molecule has 2 rings (SSSR count). The number of rotatable bonds is 10. The van der Waals surface area contributed by atoms with Crippen molar-refractivity contribution in [3.63, 3.8) is 0 Å². The van der Waals surface area contributed by atoms with E-state index in [-0.39, 0.29) is 11.5 Å². The lowest BCUT2D eigenvalue weighted by atomic mass is 9.92. The van der Waals surface area contributed by atoms with Crippen LogP contribution in [0.25, 0.3) is 0 Å². The monoisotopic (exact) mass is 578 g/mol. The number of nitrogen functional groups attached to an aromatic ring is 1. The zero-order valence-corrected chi connectivity index (χ0v) is 22.8. The maximum absolute atomic E-state index is 12.9. The molecule has 0 aliphatic carbocycles. The van der Waals surface area contributed by atoms with Gasteiger partial charge in [0.2, 0.25) is 0 Å². The van der Waals surface area contributed by atoms with Crippen LogP contribution in [0.1, 0.15) is 45.7 Å². The van der Waals surface area contributed by atoms with Crippen molar-refractivity contribution in [1.29, 1.82) is 5.26 Å². The minimum Gasteiger partial charge on any atom is -0.444 e. The van der Waals surface area contributed by atoms with Crippen LogP contribution in [-0.4, -0.2) is 42.8 Å². The number of nitrogens with two attached hydrogens (primary N) is 1.